The Hall–Kier alpha value is -1.22. The molecule has 0 unspecified atom stereocenters. The average Bonchev–Trinajstić information content (AvgIpc) is 2.18. The normalized spacial score (nSPS) is 11.1. The van der Waals surface area contributed by atoms with Crippen LogP contribution >= 0.6 is 12.6 Å². The standard InChI is InChI=1S/C10H11NOS/c1-3-4-9(13)8-5-6-10(12-2)11-7-8/h3-7,13H,1H2,2H3/b9-4-. The zero-order valence-electron chi connectivity index (χ0n) is 7.40. The van der Waals surface area contributed by atoms with E-state index >= 15 is 0 Å². The fourth-order valence-corrected chi connectivity index (χ4v) is 1.10. The predicted molar refractivity (Wildman–Crippen MR) is 57.9 cm³/mol. The van der Waals surface area contributed by atoms with E-state index in [4.69, 9.17) is 4.74 Å². The Morgan fingerprint density at radius 3 is 2.85 bits per heavy atom. The van der Waals surface area contributed by atoms with Crippen molar-refractivity contribution in [2.75, 3.05) is 7.11 Å². The molecule has 0 atom stereocenters. The largest absolute Gasteiger partial charge is 0.481 e. The molecule has 0 aliphatic heterocycles. The molecule has 0 aliphatic carbocycles. The van der Waals surface area contributed by atoms with Crippen molar-refractivity contribution in [3.63, 3.8) is 0 Å². The monoisotopic (exact) mass is 193 g/mol. The molecule has 13 heavy (non-hydrogen) atoms. The number of hydrogen-bond acceptors (Lipinski definition) is 3. The third kappa shape index (κ3) is 2.63. The van der Waals surface area contributed by atoms with Crippen molar-refractivity contribution in [2.24, 2.45) is 0 Å². The van der Waals surface area contributed by atoms with Gasteiger partial charge in [-0.1, -0.05) is 12.7 Å². The van der Waals surface area contributed by atoms with Gasteiger partial charge in [-0.25, -0.2) is 4.98 Å². The molecule has 1 heterocycles. The lowest BCUT2D eigenvalue weighted by atomic mass is 10.2. The quantitative estimate of drug-likeness (QED) is 0.588. The van der Waals surface area contributed by atoms with Crippen molar-refractivity contribution in [3.05, 3.63) is 42.6 Å². The summed E-state index contributed by atoms with van der Waals surface area (Å²) in [6.07, 6.45) is 5.21. The van der Waals surface area contributed by atoms with Gasteiger partial charge in [0.2, 0.25) is 5.88 Å². The highest BCUT2D eigenvalue weighted by molar-refractivity contribution is 7.90. The van der Waals surface area contributed by atoms with Crippen LogP contribution in [-0.2, 0) is 0 Å². The summed E-state index contributed by atoms with van der Waals surface area (Å²) in [5.41, 5.74) is 0.948. The van der Waals surface area contributed by atoms with Gasteiger partial charge in [0.25, 0.3) is 0 Å². The van der Waals surface area contributed by atoms with Gasteiger partial charge in [-0.05, 0) is 12.1 Å². The van der Waals surface area contributed by atoms with E-state index in [9.17, 15) is 0 Å². The van der Waals surface area contributed by atoms with E-state index in [1.165, 1.54) is 0 Å². The lowest BCUT2D eigenvalue weighted by Gasteiger charge is -2.00. The van der Waals surface area contributed by atoms with Crippen LogP contribution in [0.15, 0.2) is 37.1 Å². The zero-order chi connectivity index (χ0) is 9.68. The second-order valence-electron chi connectivity index (χ2n) is 2.38. The fraction of sp³-hybridized carbons (Fsp3) is 0.100. The molecule has 0 aliphatic rings. The lowest BCUT2D eigenvalue weighted by Crippen LogP contribution is -1.87. The predicted octanol–water partition coefficient (Wildman–Crippen LogP) is 2.55. The van der Waals surface area contributed by atoms with E-state index in [1.54, 1.807) is 25.4 Å². The summed E-state index contributed by atoms with van der Waals surface area (Å²) in [5, 5.41) is 0. The molecule has 3 heteroatoms. The SMILES string of the molecule is C=C/C=C(\S)c1ccc(OC)nc1. The molecular formula is C10H11NOS. The van der Waals surface area contributed by atoms with E-state index in [-0.39, 0.29) is 0 Å². The zero-order valence-corrected chi connectivity index (χ0v) is 8.29. The number of rotatable bonds is 3. The van der Waals surface area contributed by atoms with Crippen molar-refractivity contribution in [1.82, 2.24) is 4.98 Å². The molecule has 1 rings (SSSR count). The Kier molecular flexibility index (Phi) is 3.58. The van der Waals surface area contributed by atoms with Crippen molar-refractivity contribution >= 4 is 17.5 Å². The first-order valence-electron chi connectivity index (χ1n) is 3.80. The molecule has 0 amide bonds. The van der Waals surface area contributed by atoms with Crippen molar-refractivity contribution in [3.8, 4) is 5.88 Å². The van der Waals surface area contributed by atoms with Gasteiger partial charge in [-0.2, -0.15) is 0 Å². The lowest BCUT2D eigenvalue weighted by molar-refractivity contribution is 0.398. The highest BCUT2D eigenvalue weighted by Crippen LogP contribution is 2.18. The van der Waals surface area contributed by atoms with E-state index in [1.807, 2.05) is 12.1 Å². The number of ether oxygens (including phenoxy) is 1. The van der Waals surface area contributed by atoms with Crippen molar-refractivity contribution < 1.29 is 4.74 Å². The van der Waals surface area contributed by atoms with Crippen LogP contribution in [-0.4, -0.2) is 12.1 Å². The Bertz CT molecular complexity index is 316. The molecule has 0 bridgehead atoms. The Morgan fingerprint density at radius 1 is 1.62 bits per heavy atom. The molecule has 0 aromatic carbocycles. The van der Waals surface area contributed by atoms with Gasteiger partial charge in [-0.15, -0.1) is 12.6 Å². The number of methoxy groups -OCH3 is 1. The summed E-state index contributed by atoms with van der Waals surface area (Å²) >= 11 is 4.27. The Morgan fingerprint density at radius 2 is 2.38 bits per heavy atom. The average molecular weight is 193 g/mol. The van der Waals surface area contributed by atoms with Crippen LogP contribution < -0.4 is 4.74 Å². The fourth-order valence-electron chi connectivity index (χ4n) is 0.860. The number of allylic oxidation sites excluding steroid dienone is 2. The Balaban J connectivity index is 2.91. The van der Waals surface area contributed by atoms with Crippen LogP contribution in [0.2, 0.25) is 0 Å². The van der Waals surface area contributed by atoms with Gasteiger partial charge >= 0.3 is 0 Å². The van der Waals surface area contributed by atoms with Gasteiger partial charge in [-0.3, -0.25) is 0 Å². The van der Waals surface area contributed by atoms with Crippen LogP contribution in [0, 0.1) is 0 Å². The molecule has 68 valence electrons. The number of thiol groups is 1. The van der Waals surface area contributed by atoms with Gasteiger partial charge in [0.05, 0.1) is 7.11 Å². The van der Waals surface area contributed by atoms with E-state index in [0.717, 1.165) is 10.5 Å². The molecule has 0 fully saturated rings. The first kappa shape index (κ1) is 9.86. The molecule has 0 radical (unpaired) electrons. The number of hydrogen-bond donors (Lipinski definition) is 1. The molecule has 0 N–H and O–H groups in total. The highest BCUT2D eigenvalue weighted by Gasteiger charge is 1.96. The van der Waals surface area contributed by atoms with Crippen LogP contribution in [0.3, 0.4) is 0 Å². The number of pyridine rings is 1. The van der Waals surface area contributed by atoms with Gasteiger partial charge in [0.1, 0.15) is 0 Å². The molecule has 0 saturated carbocycles. The number of aromatic nitrogens is 1. The van der Waals surface area contributed by atoms with Crippen LogP contribution in [0.5, 0.6) is 5.88 Å². The molecule has 0 saturated heterocycles. The highest BCUT2D eigenvalue weighted by atomic mass is 32.1. The summed E-state index contributed by atoms with van der Waals surface area (Å²) in [6, 6.07) is 3.69. The van der Waals surface area contributed by atoms with Crippen molar-refractivity contribution in [1.29, 1.82) is 0 Å². The number of nitrogens with zero attached hydrogens (tertiary/aromatic N) is 1. The maximum absolute atomic E-state index is 4.93. The summed E-state index contributed by atoms with van der Waals surface area (Å²) in [4.78, 5) is 4.89. The van der Waals surface area contributed by atoms with Crippen LogP contribution in [0.4, 0.5) is 0 Å². The van der Waals surface area contributed by atoms with E-state index in [2.05, 4.69) is 24.2 Å². The first-order valence-corrected chi connectivity index (χ1v) is 4.24. The van der Waals surface area contributed by atoms with Crippen molar-refractivity contribution in [2.45, 2.75) is 0 Å². The minimum atomic E-state index is 0.600. The van der Waals surface area contributed by atoms with Gasteiger partial charge in [0.15, 0.2) is 0 Å². The summed E-state index contributed by atoms with van der Waals surface area (Å²) in [6.45, 7) is 3.59. The smallest absolute Gasteiger partial charge is 0.212 e. The summed E-state index contributed by atoms with van der Waals surface area (Å²) < 4.78 is 4.93. The third-order valence-corrected chi connectivity index (χ3v) is 1.92. The maximum atomic E-state index is 4.93. The molecule has 1 aromatic heterocycles. The van der Waals surface area contributed by atoms with E-state index in [0.29, 0.717) is 5.88 Å². The van der Waals surface area contributed by atoms with Gasteiger partial charge in [0, 0.05) is 22.7 Å². The molecule has 0 spiro atoms. The molecular weight excluding hydrogens is 182 g/mol. The first-order chi connectivity index (χ1) is 6.27. The minimum absolute atomic E-state index is 0.600. The summed E-state index contributed by atoms with van der Waals surface area (Å²) in [5.74, 6) is 0.600. The third-order valence-electron chi connectivity index (χ3n) is 1.52. The second-order valence-corrected chi connectivity index (χ2v) is 2.86. The Labute approximate surface area is 83.4 Å². The molecule has 1 aromatic rings. The van der Waals surface area contributed by atoms with E-state index < -0.39 is 0 Å². The van der Waals surface area contributed by atoms with Crippen LogP contribution in [0.1, 0.15) is 5.56 Å². The van der Waals surface area contributed by atoms with Crippen LogP contribution in [0.25, 0.3) is 4.91 Å². The summed E-state index contributed by atoms with van der Waals surface area (Å²) in [7, 11) is 1.59. The minimum Gasteiger partial charge on any atom is -0.481 e. The van der Waals surface area contributed by atoms with Gasteiger partial charge < -0.3 is 4.74 Å². The maximum Gasteiger partial charge on any atom is 0.212 e. The molecule has 2 nitrogen and oxygen atoms in total. The second kappa shape index (κ2) is 4.72. The topological polar surface area (TPSA) is 22.1 Å².